The maximum absolute atomic E-state index is 14.6. The molecule has 258 valence electrons. The van der Waals surface area contributed by atoms with Gasteiger partial charge in [-0.2, -0.15) is 0 Å². The normalized spacial score (nSPS) is 25.7. The van der Waals surface area contributed by atoms with Crippen molar-refractivity contribution in [2.75, 3.05) is 19.0 Å². The summed E-state index contributed by atoms with van der Waals surface area (Å²) in [4.78, 5) is 60.8. The van der Waals surface area contributed by atoms with Crippen molar-refractivity contribution >= 4 is 29.4 Å². The fourth-order valence-electron chi connectivity index (χ4n) is 7.53. The van der Waals surface area contributed by atoms with Crippen LogP contribution in [0, 0.1) is 11.8 Å². The highest BCUT2D eigenvalue weighted by Gasteiger charge is 2.61. The zero-order valence-electron chi connectivity index (χ0n) is 28.1. The van der Waals surface area contributed by atoms with Crippen LogP contribution in [0.4, 0.5) is 5.69 Å². The van der Waals surface area contributed by atoms with Crippen molar-refractivity contribution in [1.29, 1.82) is 0 Å². The number of carbonyl (C=O) groups is 4. The molecule has 7 rings (SSSR count). The molecule has 4 aliphatic heterocycles. The number of para-hydroxylation sites is 1. The van der Waals surface area contributed by atoms with Gasteiger partial charge in [0.15, 0.2) is 17.7 Å². The molecule has 5 heterocycles. The lowest BCUT2D eigenvalue weighted by molar-refractivity contribution is -0.145. The standard InChI is InChI=1S/C36H41N5O8/c1-17(2)26-32-40-27(33(45)41-14-8-11-24(41)34(46)47-5)29(49-32)36-20-9-6-7-10-22(20)38-35(36)48-25-13-12-19(15-21(25)36)16-23(30(43)39-26)37-31(44)28(42)18(3)4/h6-7,9-10,12-13,15,17-18,23-24,26,28,35,38,42H,8,11,14,16H2,1-5H3,(H,37,44)(H,39,43)/t23?,24-,26-,28-,35?,36?/m0/s1. The van der Waals surface area contributed by atoms with Gasteiger partial charge in [-0.15, -0.1) is 0 Å². The van der Waals surface area contributed by atoms with Crippen LogP contribution in [0.15, 0.2) is 46.9 Å². The van der Waals surface area contributed by atoms with Gasteiger partial charge in [-0.25, -0.2) is 9.78 Å². The third kappa shape index (κ3) is 5.13. The molecule has 1 spiro atoms. The summed E-state index contributed by atoms with van der Waals surface area (Å²) < 4.78 is 18.4. The molecule has 13 nitrogen and oxygen atoms in total. The Balaban J connectivity index is 1.45. The van der Waals surface area contributed by atoms with Crippen molar-refractivity contribution in [3.05, 3.63) is 76.5 Å². The predicted octanol–water partition coefficient (Wildman–Crippen LogP) is 2.80. The molecule has 3 aromatic rings. The van der Waals surface area contributed by atoms with Crippen LogP contribution in [-0.2, 0) is 31.0 Å². The minimum Gasteiger partial charge on any atom is -0.469 e. The van der Waals surface area contributed by atoms with Crippen molar-refractivity contribution in [1.82, 2.24) is 20.5 Å². The number of amides is 3. The van der Waals surface area contributed by atoms with Crippen molar-refractivity contribution in [2.45, 2.75) is 82.8 Å². The summed E-state index contributed by atoms with van der Waals surface area (Å²) in [5.74, 6) is -1.88. The van der Waals surface area contributed by atoms with Crippen molar-refractivity contribution in [3.8, 4) is 5.75 Å². The molecule has 49 heavy (non-hydrogen) atoms. The number of aromatic nitrogens is 1. The molecule has 13 heteroatoms. The number of nitrogens with zero attached hydrogens (tertiary/aromatic N) is 2. The van der Waals surface area contributed by atoms with Crippen molar-refractivity contribution in [3.63, 3.8) is 0 Å². The van der Waals surface area contributed by atoms with E-state index in [0.29, 0.717) is 36.3 Å². The van der Waals surface area contributed by atoms with E-state index in [-0.39, 0.29) is 35.6 Å². The number of aliphatic hydroxyl groups excluding tert-OH is 1. The number of anilines is 1. The number of rotatable bonds is 6. The van der Waals surface area contributed by atoms with Gasteiger partial charge in [-0.1, -0.05) is 58.0 Å². The molecule has 1 fully saturated rings. The number of likely N-dealkylation sites (tertiary alicyclic amines) is 1. The van der Waals surface area contributed by atoms with Gasteiger partial charge in [0.2, 0.25) is 17.7 Å². The van der Waals surface area contributed by atoms with E-state index in [1.54, 1.807) is 13.8 Å². The number of hydrogen-bond acceptors (Lipinski definition) is 10. The SMILES string of the molecule is COC(=O)[C@@H]1CCCN1C(=O)c1nc2oc1C13c4ccccc4NC1Oc1ccc(cc13)CC(NC(=O)[C@@H](O)C(C)C)C(=O)N[C@H]2C(C)C. The lowest BCUT2D eigenvalue weighted by Gasteiger charge is -2.29. The Morgan fingerprint density at radius 3 is 2.61 bits per heavy atom. The second-order valence-electron chi connectivity index (χ2n) is 13.9. The number of ether oxygens (including phenoxy) is 2. The zero-order chi connectivity index (χ0) is 34.8. The van der Waals surface area contributed by atoms with Crippen LogP contribution in [0.2, 0.25) is 0 Å². The first kappa shape index (κ1) is 32.6. The molecule has 3 unspecified atom stereocenters. The van der Waals surface area contributed by atoms with Crippen LogP contribution in [0.25, 0.3) is 0 Å². The summed E-state index contributed by atoms with van der Waals surface area (Å²) in [5.41, 5.74) is 1.85. The number of nitrogens with one attached hydrogen (secondary N) is 3. The van der Waals surface area contributed by atoms with Gasteiger partial charge >= 0.3 is 5.97 Å². The Morgan fingerprint density at radius 2 is 1.88 bits per heavy atom. The average Bonchev–Trinajstić information content (AvgIpc) is 3.86. The minimum absolute atomic E-state index is 0.0141. The van der Waals surface area contributed by atoms with E-state index >= 15 is 0 Å². The minimum atomic E-state index is -1.31. The first-order valence-corrected chi connectivity index (χ1v) is 16.8. The summed E-state index contributed by atoms with van der Waals surface area (Å²) >= 11 is 0. The van der Waals surface area contributed by atoms with Crippen LogP contribution >= 0.6 is 0 Å². The molecule has 4 N–H and O–H groups in total. The molecular formula is C36H41N5O8. The monoisotopic (exact) mass is 671 g/mol. The molecule has 2 aromatic carbocycles. The van der Waals surface area contributed by atoms with Crippen molar-refractivity contribution < 1.29 is 38.2 Å². The van der Waals surface area contributed by atoms with Crippen LogP contribution in [0.1, 0.15) is 85.4 Å². The molecule has 6 atom stereocenters. The molecule has 1 aromatic heterocycles. The molecule has 3 amide bonds. The first-order chi connectivity index (χ1) is 23.4. The Bertz CT molecular complexity index is 1840. The van der Waals surface area contributed by atoms with Gasteiger partial charge in [-0.3, -0.25) is 14.4 Å². The van der Waals surface area contributed by atoms with Crippen LogP contribution < -0.4 is 20.7 Å². The topological polar surface area (TPSA) is 172 Å². The maximum Gasteiger partial charge on any atom is 0.328 e. The second kappa shape index (κ2) is 12.2. The van der Waals surface area contributed by atoms with Crippen LogP contribution in [0.3, 0.4) is 0 Å². The van der Waals surface area contributed by atoms with Gasteiger partial charge in [0.25, 0.3) is 5.91 Å². The fourth-order valence-corrected chi connectivity index (χ4v) is 7.53. The van der Waals surface area contributed by atoms with Gasteiger partial charge in [-0.05, 0) is 47.9 Å². The number of esters is 1. The van der Waals surface area contributed by atoms with E-state index in [1.165, 1.54) is 12.0 Å². The smallest absolute Gasteiger partial charge is 0.328 e. The van der Waals surface area contributed by atoms with Crippen molar-refractivity contribution in [2.24, 2.45) is 11.8 Å². The second-order valence-corrected chi connectivity index (χ2v) is 13.9. The zero-order valence-corrected chi connectivity index (χ0v) is 28.1. The summed E-state index contributed by atoms with van der Waals surface area (Å²) in [7, 11) is 1.30. The quantitative estimate of drug-likeness (QED) is 0.286. The van der Waals surface area contributed by atoms with Gasteiger partial charge in [0.05, 0.1) is 7.11 Å². The molecular weight excluding hydrogens is 630 g/mol. The molecule has 4 aliphatic rings. The van der Waals surface area contributed by atoms with E-state index in [9.17, 15) is 24.3 Å². The number of carbonyl (C=O) groups excluding carboxylic acids is 4. The van der Waals surface area contributed by atoms with E-state index in [2.05, 4.69) is 16.0 Å². The summed E-state index contributed by atoms with van der Waals surface area (Å²) in [6.45, 7) is 7.55. The van der Waals surface area contributed by atoms with E-state index in [0.717, 1.165) is 11.3 Å². The third-order valence-corrected chi connectivity index (χ3v) is 10.1. The summed E-state index contributed by atoms with van der Waals surface area (Å²) in [5, 5.41) is 19.8. The fraction of sp³-hybridized carbons (Fsp3) is 0.472. The number of oxazole rings is 1. The van der Waals surface area contributed by atoms with Crippen LogP contribution in [0.5, 0.6) is 5.75 Å². The number of benzene rings is 2. The van der Waals surface area contributed by atoms with Gasteiger partial charge < -0.3 is 39.8 Å². The lowest BCUT2D eigenvalue weighted by Crippen LogP contribution is -2.52. The van der Waals surface area contributed by atoms with Gasteiger partial charge in [0.1, 0.15) is 35.4 Å². The number of fused-ring (bicyclic) bond motifs is 4. The van der Waals surface area contributed by atoms with Crippen LogP contribution in [-0.4, -0.2) is 76.8 Å². The highest BCUT2D eigenvalue weighted by Crippen LogP contribution is 2.58. The number of hydrogen-bond donors (Lipinski definition) is 4. The maximum atomic E-state index is 14.6. The Labute approximate surface area is 283 Å². The van der Waals surface area contributed by atoms with E-state index < -0.39 is 59.6 Å². The third-order valence-electron chi connectivity index (χ3n) is 10.1. The molecule has 0 saturated carbocycles. The first-order valence-electron chi connectivity index (χ1n) is 16.8. The largest absolute Gasteiger partial charge is 0.469 e. The molecule has 0 aliphatic carbocycles. The number of methoxy groups -OCH3 is 1. The van der Waals surface area contributed by atoms with Gasteiger partial charge in [0, 0.05) is 24.2 Å². The average molecular weight is 672 g/mol. The highest BCUT2D eigenvalue weighted by molar-refractivity contribution is 5.98. The Kier molecular flexibility index (Phi) is 8.13. The Morgan fingerprint density at radius 1 is 1.10 bits per heavy atom. The molecule has 0 radical (unpaired) electrons. The van der Waals surface area contributed by atoms with E-state index in [1.807, 2.05) is 56.3 Å². The molecule has 1 saturated heterocycles. The summed E-state index contributed by atoms with van der Waals surface area (Å²) in [6, 6.07) is 10.6. The number of aliphatic hydroxyl groups is 1. The summed E-state index contributed by atoms with van der Waals surface area (Å²) in [6.07, 6.45) is -0.847. The Hall–Kier alpha value is -4.91. The lowest BCUT2D eigenvalue weighted by atomic mass is 9.72. The highest BCUT2D eigenvalue weighted by atomic mass is 16.5. The van der Waals surface area contributed by atoms with E-state index in [4.69, 9.17) is 18.9 Å². The predicted molar refractivity (Wildman–Crippen MR) is 176 cm³/mol. The molecule has 4 bridgehead atoms.